The van der Waals surface area contributed by atoms with Gasteiger partial charge in [-0.2, -0.15) is 0 Å². The maximum absolute atomic E-state index is 13.0. The quantitative estimate of drug-likeness (QED) is 0.707. The van der Waals surface area contributed by atoms with Gasteiger partial charge in [0.25, 0.3) is 5.91 Å². The molecule has 3 aromatic rings. The number of aromatic nitrogens is 2. The van der Waals surface area contributed by atoms with E-state index < -0.39 is 0 Å². The lowest BCUT2D eigenvalue weighted by Gasteiger charge is -2.16. The number of benzene rings is 2. The summed E-state index contributed by atoms with van der Waals surface area (Å²) in [5.74, 6) is 0.169. The Bertz CT molecular complexity index is 793. The van der Waals surface area contributed by atoms with E-state index in [4.69, 9.17) is 0 Å². The topological polar surface area (TPSA) is 57.8 Å². The molecule has 5 heteroatoms. The predicted octanol–water partition coefficient (Wildman–Crippen LogP) is 4.36. The van der Waals surface area contributed by atoms with Crippen LogP contribution in [-0.4, -0.2) is 15.9 Å². The van der Waals surface area contributed by atoms with Gasteiger partial charge in [0, 0.05) is 5.56 Å². The van der Waals surface area contributed by atoms with Crippen LogP contribution < -0.4 is 5.32 Å². The van der Waals surface area contributed by atoms with E-state index in [1.807, 2.05) is 24.3 Å². The van der Waals surface area contributed by atoms with Crippen molar-refractivity contribution in [1.82, 2.24) is 15.3 Å². The second kappa shape index (κ2) is 7.25. The van der Waals surface area contributed by atoms with Gasteiger partial charge >= 0.3 is 0 Å². The number of carbonyl (C=O) groups is 1. The SMILES string of the molecule is CCCCC(NC(=O)c1ccc(F)cc1)c1nc2ccccc2[nH]1. The molecule has 1 aromatic heterocycles. The largest absolute Gasteiger partial charge is 0.342 e. The fourth-order valence-corrected chi connectivity index (χ4v) is 2.67. The Morgan fingerprint density at radius 3 is 2.67 bits per heavy atom. The molecule has 0 aliphatic rings. The van der Waals surface area contributed by atoms with E-state index in [2.05, 4.69) is 22.2 Å². The number of halogens is 1. The fourth-order valence-electron chi connectivity index (χ4n) is 2.67. The van der Waals surface area contributed by atoms with Gasteiger partial charge in [0.2, 0.25) is 0 Å². The molecule has 0 saturated heterocycles. The Morgan fingerprint density at radius 1 is 1.21 bits per heavy atom. The monoisotopic (exact) mass is 325 g/mol. The van der Waals surface area contributed by atoms with Crippen molar-refractivity contribution in [3.8, 4) is 0 Å². The summed E-state index contributed by atoms with van der Waals surface area (Å²) < 4.78 is 13.0. The molecule has 2 aromatic carbocycles. The summed E-state index contributed by atoms with van der Waals surface area (Å²) in [5.41, 5.74) is 2.27. The van der Waals surface area contributed by atoms with Crippen LogP contribution in [-0.2, 0) is 0 Å². The number of rotatable bonds is 6. The smallest absolute Gasteiger partial charge is 0.251 e. The van der Waals surface area contributed by atoms with E-state index in [1.165, 1.54) is 24.3 Å². The molecule has 1 amide bonds. The van der Waals surface area contributed by atoms with E-state index >= 15 is 0 Å². The molecule has 0 aliphatic carbocycles. The highest BCUT2D eigenvalue weighted by atomic mass is 19.1. The zero-order valence-electron chi connectivity index (χ0n) is 13.6. The number of amides is 1. The first-order valence-electron chi connectivity index (χ1n) is 8.18. The van der Waals surface area contributed by atoms with Gasteiger partial charge < -0.3 is 10.3 Å². The van der Waals surface area contributed by atoms with E-state index in [0.29, 0.717) is 5.56 Å². The van der Waals surface area contributed by atoms with Crippen LogP contribution in [0.15, 0.2) is 48.5 Å². The van der Waals surface area contributed by atoms with Crippen LogP contribution in [0.5, 0.6) is 0 Å². The minimum absolute atomic E-state index is 0.199. The maximum atomic E-state index is 13.0. The van der Waals surface area contributed by atoms with Crippen LogP contribution >= 0.6 is 0 Å². The van der Waals surface area contributed by atoms with Gasteiger partial charge in [-0.3, -0.25) is 4.79 Å². The Kier molecular flexibility index (Phi) is 4.89. The highest BCUT2D eigenvalue weighted by Crippen LogP contribution is 2.21. The molecular weight excluding hydrogens is 305 g/mol. The lowest BCUT2D eigenvalue weighted by Crippen LogP contribution is -2.29. The van der Waals surface area contributed by atoms with E-state index in [0.717, 1.165) is 36.1 Å². The molecule has 1 unspecified atom stereocenters. The molecule has 2 N–H and O–H groups in total. The third-order valence-corrected chi connectivity index (χ3v) is 4.00. The van der Waals surface area contributed by atoms with Gasteiger partial charge in [-0.25, -0.2) is 9.37 Å². The van der Waals surface area contributed by atoms with Gasteiger partial charge in [0.15, 0.2) is 0 Å². The highest BCUT2D eigenvalue weighted by Gasteiger charge is 2.18. The average Bonchev–Trinajstić information content (AvgIpc) is 3.03. The number of para-hydroxylation sites is 2. The molecule has 0 bridgehead atoms. The average molecular weight is 325 g/mol. The molecule has 0 spiro atoms. The number of nitrogens with one attached hydrogen (secondary N) is 2. The van der Waals surface area contributed by atoms with Crippen LogP contribution in [0.1, 0.15) is 48.4 Å². The van der Waals surface area contributed by atoms with Crippen molar-refractivity contribution in [1.29, 1.82) is 0 Å². The highest BCUT2D eigenvalue weighted by molar-refractivity contribution is 5.94. The molecule has 0 saturated carbocycles. The van der Waals surface area contributed by atoms with E-state index in [9.17, 15) is 9.18 Å². The summed E-state index contributed by atoms with van der Waals surface area (Å²) in [5, 5.41) is 3.01. The molecule has 1 atom stereocenters. The Labute approximate surface area is 140 Å². The Balaban J connectivity index is 1.83. The van der Waals surface area contributed by atoms with Crippen molar-refractivity contribution in [2.75, 3.05) is 0 Å². The molecule has 1 heterocycles. The molecule has 4 nitrogen and oxygen atoms in total. The number of hydrogen-bond acceptors (Lipinski definition) is 2. The lowest BCUT2D eigenvalue weighted by molar-refractivity contribution is 0.0932. The van der Waals surface area contributed by atoms with Crippen molar-refractivity contribution >= 4 is 16.9 Å². The maximum Gasteiger partial charge on any atom is 0.251 e. The summed E-state index contributed by atoms with van der Waals surface area (Å²) in [7, 11) is 0. The van der Waals surface area contributed by atoms with Crippen molar-refractivity contribution in [3.05, 3.63) is 65.7 Å². The number of carbonyl (C=O) groups excluding carboxylic acids is 1. The van der Waals surface area contributed by atoms with Crippen LogP contribution in [0.2, 0.25) is 0 Å². The summed E-state index contributed by atoms with van der Waals surface area (Å²) in [4.78, 5) is 20.3. The third kappa shape index (κ3) is 3.62. The minimum Gasteiger partial charge on any atom is -0.342 e. The number of aromatic amines is 1. The standard InChI is InChI=1S/C19H20FN3O/c1-2-3-6-17(18-21-15-7-4-5-8-16(15)22-18)23-19(24)13-9-11-14(20)12-10-13/h4-5,7-12,17H,2-3,6H2,1H3,(H,21,22)(H,23,24). The minimum atomic E-state index is -0.355. The molecule has 3 rings (SSSR count). The molecule has 124 valence electrons. The van der Waals surface area contributed by atoms with Gasteiger partial charge in [-0.15, -0.1) is 0 Å². The zero-order valence-corrected chi connectivity index (χ0v) is 13.6. The normalized spacial score (nSPS) is 12.2. The van der Waals surface area contributed by atoms with Crippen molar-refractivity contribution < 1.29 is 9.18 Å². The molecule has 0 radical (unpaired) electrons. The zero-order chi connectivity index (χ0) is 16.9. The van der Waals surface area contributed by atoms with Gasteiger partial charge in [0.05, 0.1) is 17.1 Å². The van der Waals surface area contributed by atoms with Gasteiger partial charge in [0.1, 0.15) is 11.6 Å². The lowest BCUT2D eigenvalue weighted by atomic mass is 10.1. The molecule has 0 fully saturated rings. The van der Waals surface area contributed by atoms with Crippen LogP contribution in [0, 0.1) is 5.82 Å². The Hall–Kier alpha value is -2.69. The van der Waals surface area contributed by atoms with Crippen LogP contribution in [0.3, 0.4) is 0 Å². The summed E-state index contributed by atoms with van der Waals surface area (Å²) in [6, 6.07) is 13.1. The molecule has 24 heavy (non-hydrogen) atoms. The van der Waals surface area contributed by atoms with Crippen LogP contribution in [0.25, 0.3) is 11.0 Å². The third-order valence-electron chi connectivity index (χ3n) is 4.00. The summed E-state index contributed by atoms with van der Waals surface area (Å²) >= 11 is 0. The Morgan fingerprint density at radius 2 is 1.96 bits per heavy atom. The first-order chi connectivity index (χ1) is 11.7. The van der Waals surface area contributed by atoms with Gasteiger partial charge in [-0.1, -0.05) is 31.9 Å². The molecular formula is C19H20FN3O. The van der Waals surface area contributed by atoms with Crippen molar-refractivity contribution in [2.45, 2.75) is 32.2 Å². The fraction of sp³-hybridized carbons (Fsp3) is 0.263. The summed E-state index contributed by atoms with van der Waals surface area (Å²) in [6.07, 6.45) is 2.80. The van der Waals surface area contributed by atoms with Crippen molar-refractivity contribution in [3.63, 3.8) is 0 Å². The van der Waals surface area contributed by atoms with E-state index in [-0.39, 0.29) is 17.8 Å². The van der Waals surface area contributed by atoms with E-state index in [1.54, 1.807) is 0 Å². The second-order valence-corrected chi connectivity index (χ2v) is 5.81. The molecule has 0 aliphatic heterocycles. The number of nitrogens with zero attached hydrogens (tertiary/aromatic N) is 1. The van der Waals surface area contributed by atoms with Gasteiger partial charge in [-0.05, 0) is 42.8 Å². The number of H-pyrrole nitrogens is 1. The number of fused-ring (bicyclic) bond motifs is 1. The summed E-state index contributed by atoms with van der Waals surface area (Å²) in [6.45, 7) is 2.11. The van der Waals surface area contributed by atoms with Crippen LogP contribution in [0.4, 0.5) is 4.39 Å². The predicted molar refractivity (Wildman–Crippen MR) is 92.2 cm³/mol. The number of unbranched alkanes of at least 4 members (excludes halogenated alkanes) is 1. The number of imidazole rings is 1. The first kappa shape index (κ1) is 16.2. The number of hydrogen-bond donors (Lipinski definition) is 2. The first-order valence-corrected chi connectivity index (χ1v) is 8.18. The second-order valence-electron chi connectivity index (χ2n) is 5.81. The van der Waals surface area contributed by atoms with Crippen molar-refractivity contribution in [2.24, 2.45) is 0 Å².